The first-order valence-electron chi connectivity index (χ1n) is 31.2. The van der Waals surface area contributed by atoms with Crippen molar-refractivity contribution in [3.63, 3.8) is 0 Å². The van der Waals surface area contributed by atoms with Crippen LogP contribution in [0.15, 0.2) is 285 Å². The predicted molar refractivity (Wildman–Crippen MR) is 347 cm³/mol. The molecule has 3 heteroatoms. The Bertz CT molecular complexity index is 4240. The van der Waals surface area contributed by atoms with Crippen LogP contribution in [0.5, 0.6) is 0 Å². The zero-order chi connectivity index (χ0) is 59.8. The summed E-state index contributed by atoms with van der Waals surface area (Å²) in [4.78, 5) is 4.63. The van der Waals surface area contributed by atoms with Gasteiger partial charge in [-0.25, -0.2) is 0 Å². The molecule has 0 spiro atoms. The van der Waals surface area contributed by atoms with Crippen LogP contribution >= 0.6 is 0 Å². The van der Waals surface area contributed by atoms with Crippen LogP contribution in [0.25, 0.3) is 77.9 Å². The molecule has 0 aliphatic carbocycles. The van der Waals surface area contributed by atoms with E-state index in [2.05, 4.69) is 153 Å². The Morgan fingerprint density at radius 1 is 0.309 bits per heavy atom. The summed E-state index contributed by atoms with van der Waals surface area (Å²) in [6.45, 7) is 8.54. The lowest BCUT2D eigenvalue weighted by molar-refractivity contribution is 0.835. The summed E-state index contributed by atoms with van der Waals surface area (Å²) >= 11 is 0. The molecule has 2 nitrogen and oxygen atoms in total. The maximum absolute atomic E-state index is 10.2. The van der Waals surface area contributed by atoms with Crippen LogP contribution in [0.4, 0.5) is 34.1 Å². The number of anilines is 6. The van der Waals surface area contributed by atoms with Crippen molar-refractivity contribution in [2.24, 2.45) is 0 Å². The van der Waals surface area contributed by atoms with Crippen LogP contribution in [0, 0.1) is 0 Å². The molecular formula is C78H61BN2. The van der Waals surface area contributed by atoms with Gasteiger partial charge >= 0.3 is 0 Å². The topological polar surface area (TPSA) is 6.48 Å². The second-order valence-corrected chi connectivity index (χ2v) is 21.9. The SMILES string of the molecule is [2H]c1c([2H])c(-c2ccccc2)c(N2c3cc(-c4ccccc4)ccc3B3c4ccc(-c5ccccc5)cc4N(c4c(-c5ccccc5)c([2H])c([2H])c([2H])c4-c4ccccc4)c4cc(-c5ccc(C(C)C)cc5C(C)C)cc2c43)c(-c2ccccc2)c1[2H]. The largest absolute Gasteiger partial charge is 0.310 e. The minimum Gasteiger partial charge on any atom is -0.310 e. The summed E-state index contributed by atoms with van der Waals surface area (Å²) in [5.41, 5.74) is 21.0. The molecule has 14 rings (SSSR count). The molecule has 0 unspecified atom stereocenters. The summed E-state index contributed by atoms with van der Waals surface area (Å²) in [5.74, 6) is 0.385. The normalized spacial score (nSPS) is 13.4. The predicted octanol–water partition coefficient (Wildman–Crippen LogP) is 19.7. The van der Waals surface area contributed by atoms with E-state index in [1.54, 1.807) is 0 Å². The second-order valence-electron chi connectivity index (χ2n) is 21.9. The Kier molecular flexibility index (Phi) is 11.1. The highest BCUT2D eigenvalue weighted by molar-refractivity contribution is 7.00. The van der Waals surface area contributed by atoms with E-state index in [9.17, 15) is 8.22 Å². The molecule has 0 aromatic heterocycles. The Hall–Kier alpha value is -9.70. The number of hydrogen-bond acceptors (Lipinski definition) is 2. The van der Waals surface area contributed by atoms with Crippen LogP contribution < -0.4 is 26.2 Å². The van der Waals surface area contributed by atoms with Gasteiger partial charge in [-0.3, -0.25) is 0 Å². The molecule has 2 aliphatic heterocycles. The summed E-state index contributed by atoms with van der Waals surface area (Å²) in [6.07, 6.45) is 0. The molecule has 0 saturated carbocycles. The standard InChI is InChI=1S/C78H61BN2/c1-52(2)60-41-44-64(69(47-60)53(3)4)63-50-74-76-75(51-63)81(78-67(58-33-19-9-20-34-58)39-24-40-68(78)59-35-21-10-22-36-59)73-49-62(55-27-13-6-14-28-55)43-46-71(73)79(76)70-45-42-61(54-25-11-5-12-26-54)48-72(70)80(74)77-65(56-29-15-7-16-30-56)37-23-38-66(77)57-31-17-8-18-32-57/h5-53H,1-4H3/i23D,24D,37D,38D,39D,40D. The molecule has 0 fully saturated rings. The summed E-state index contributed by atoms with van der Waals surface area (Å²) in [6, 6.07) is 85.0. The zero-order valence-electron chi connectivity index (χ0n) is 51.8. The van der Waals surface area contributed by atoms with Gasteiger partial charge in [-0.05, 0) is 119 Å². The van der Waals surface area contributed by atoms with Crippen molar-refractivity contribution in [3.8, 4) is 77.9 Å². The molecule has 2 heterocycles. The number of para-hydroxylation sites is 2. The third-order valence-corrected chi connectivity index (χ3v) is 16.4. The average Bonchev–Trinajstić information content (AvgIpc) is 0.698. The van der Waals surface area contributed by atoms with Crippen LogP contribution in [0.3, 0.4) is 0 Å². The van der Waals surface area contributed by atoms with Gasteiger partial charge in [-0.2, -0.15) is 0 Å². The molecule has 0 saturated heterocycles. The lowest BCUT2D eigenvalue weighted by Crippen LogP contribution is -2.61. The summed E-state index contributed by atoms with van der Waals surface area (Å²) in [5, 5.41) is 0. The van der Waals surface area contributed by atoms with E-state index in [-0.39, 0.29) is 48.1 Å². The number of fused-ring (bicyclic) bond motifs is 4. The summed E-state index contributed by atoms with van der Waals surface area (Å²) < 4.78 is 60.1. The van der Waals surface area contributed by atoms with Crippen LogP contribution in [0.2, 0.25) is 0 Å². The Morgan fingerprint density at radius 3 is 1.00 bits per heavy atom. The lowest BCUT2D eigenvalue weighted by Gasteiger charge is -2.46. The summed E-state index contributed by atoms with van der Waals surface area (Å²) in [7, 11) is 0. The van der Waals surface area contributed by atoms with Crippen molar-refractivity contribution in [3.05, 3.63) is 296 Å². The quantitative estimate of drug-likeness (QED) is 0.119. The molecule has 0 radical (unpaired) electrons. The molecule has 0 amide bonds. The number of rotatable bonds is 11. The van der Waals surface area contributed by atoms with Gasteiger partial charge in [0.25, 0.3) is 6.71 Å². The van der Waals surface area contributed by atoms with Crippen molar-refractivity contribution in [1.82, 2.24) is 0 Å². The second kappa shape index (κ2) is 20.8. The monoisotopic (exact) mass is 1040 g/mol. The molecule has 386 valence electrons. The van der Waals surface area contributed by atoms with Crippen molar-refractivity contribution in [2.45, 2.75) is 39.5 Å². The number of nitrogens with zero attached hydrogens (tertiary/aromatic N) is 2. The minimum absolute atomic E-state index is 0.0537. The Morgan fingerprint density at radius 2 is 0.654 bits per heavy atom. The minimum atomic E-state index is -0.424. The van der Waals surface area contributed by atoms with E-state index in [1.165, 1.54) is 11.1 Å². The van der Waals surface area contributed by atoms with Crippen LogP contribution in [0.1, 0.15) is 58.9 Å². The highest BCUT2D eigenvalue weighted by Gasteiger charge is 2.45. The molecule has 12 aromatic carbocycles. The first-order chi connectivity index (χ1) is 42.4. The van der Waals surface area contributed by atoms with E-state index in [1.807, 2.05) is 133 Å². The first kappa shape index (κ1) is 43.2. The molecular weight excluding hydrogens is 976 g/mol. The molecule has 0 atom stereocenters. The van der Waals surface area contributed by atoms with Gasteiger partial charge in [0.05, 0.1) is 19.6 Å². The fraction of sp³-hybridized carbons (Fsp3) is 0.0769. The van der Waals surface area contributed by atoms with Gasteiger partial charge in [-0.1, -0.05) is 288 Å². The Labute approximate surface area is 486 Å². The highest BCUT2D eigenvalue weighted by Crippen LogP contribution is 2.54. The van der Waals surface area contributed by atoms with Crippen molar-refractivity contribution < 1.29 is 8.22 Å². The number of benzene rings is 12. The van der Waals surface area contributed by atoms with Gasteiger partial charge in [0.2, 0.25) is 0 Å². The van der Waals surface area contributed by atoms with E-state index in [0.29, 0.717) is 33.6 Å². The molecule has 0 N–H and O–H groups in total. The molecule has 81 heavy (non-hydrogen) atoms. The van der Waals surface area contributed by atoms with Crippen molar-refractivity contribution in [2.75, 3.05) is 9.80 Å². The fourth-order valence-corrected chi connectivity index (χ4v) is 12.4. The maximum atomic E-state index is 10.2. The number of hydrogen-bond donors (Lipinski definition) is 0. The van der Waals surface area contributed by atoms with Crippen molar-refractivity contribution in [1.29, 1.82) is 0 Å². The first-order valence-corrected chi connectivity index (χ1v) is 28.2. The van der Waals surface area contributed by atoms with Gasteiger partial charge in [0, 0.05) is 45.0 Å². The molecule has 0 bridgehead atoms. The van der Waals surface area contributed by atoms with Gasteiger partial charge in [-0.15, -0.1) is 0 Å². The van der Waals surface area contributed by atoms with E-state index in [0.717, 1.165) is 94.8 Å². The third kappa shape index (κ3) is 8.78. The highest BCUT2D eigenvalue weighted by atomic mass is 15.2. The van der Waals surface area contributed by atoms with Gasteiger partial charge < -0.3 is 9.80 Å². The maximum Gasteiger partial charge on any atom is 0.252 e. The van der Waals surface area contributed by atoms with Crippen LogP contribution in [-0.4, -0.2) is 6.71 Å². The average molecular weight is 1040 g/mol. The lowest BCUT2D eigenvalue weighted by atomic mass is 9.33. The molecule has 2 aliphatic rings. The zero-order valence-corrected chi connectivity index (χ0v) is 45.8. The van der Waals surface area contributed by atoms with Gasteiger partial charge in [0.1, 0.15) is 0 Å². The van der Waals surface area contributed by atoms with E-state index >= 15 is 0 Å². The van der Waals surface area contributed by atoms with Crippen molar-refractivity contribution >= 4 is 57.2 Å². The Balaban J connectivity index is 1.23. The van der Waals surface area contributed by atoms with E-state index < -0.39 is 6.71 Å². The third-order valence-electron chi connectivity index (χ3n) is 16.4. The fourth-order valence-electron chi connectivity index (χ4n) is 12.4. The molecule has 12 aromatic rings. The van der Waals surface area contributed by atoms with E-state index in [4.69, 9.17) is 0 Å². The van der Waals surface area contributed by atoms with Gasteiger partial charge in [0.15, 0.2) is 0 Å². The van der Waals surface area contributed by atoms with Crippen LogP contribution in [-0.2, 0) is 0 Å². The smallest absolute Gasteiger partial charge is 0.252 e.